The number of aryl methyl sites for hydroxylation is 1. The molecule has 0 amide bonds. The fraction of sp³-hybridized carbons (Fsp3) is 0.588. The van der Waals surface area contributed by atoms with Gasteiger partial charge in [0.15, 0.2) is 5.96 Å². The summed E-state index contributed by atoms with van der Waals surface area (Å²) < 4.78 is 5.44. The molecule has 1 aliphatic carbocycles. The summed E-state index contributed by atoms with van der Waals surface area (Å²) in [5.41, 5.74) is 8.64. The lowest BCUT2D eigenvalue weighted by Crippen LogP contribution is -2.24. The van der Waals surface area contributed by atoms with Crippen molar-refractivity contribution in [3.8, 4) is 0 Å². The smallest absolute Gasteiger partial charge is 0.193 e. The molecule has 1 aromatic rings. The second-order valence-corrected chi connectivity index (χ2v) is 5.83. The highest BCUT2D eigenvalue weighted by Gasteiger charge is 2.41. The van der Waals surface area contributed by atoms with Crippen molar-refractivity contribution in [1.82, 2.24) is 0 Å². The Morgan fingerprint density at radius 2 is 2.14 bits per heavy atom. The molecular formula is C17H28IN3O. The summed E-state index contributed by atoms with van der Waals surface area (Å²) in [6.07, 6.45) is 4.58. The Balaban J connectivity index is 0.00000242. The lowest BCUT2D eigenvalue weighted by molar-refractivity contribution is 0.129. The maximum Gasteiger partial charge on any atom is 0.193 e. The lowest BCUT2D eigenvalue weighted by atomic mass is 10.0. The summed E-state index contributed by atoms with van der Waals surface area (Å²) in [4.78, 5) is 4.52. The molecule has 0 aromatic heterocycles. The van der Waals surface area contributed by atoms with Crippen LogP contribution in [0.2, 0.25) is 0 Å². The van der Waals surface area contributed by atoms with Gasteiger partial charge < -0.3 is 15.8 Å². The van der Waals surface area contributed by atoms with Crippen LogP contribution in [0.15, 0.2) is 29.3 Å². The fourth-order valence-electron chi connectivity index (χ4n) is 2.41. The first-order valence-electron chi connectivity index (χ1n) is 7.91. The zero-order chi connectivity index (χ0) is 15.1. The number of guanidine groups is 1. The predicted octanol–water partition coefficient (Wildman–Crippen LogP) is 3.80. The number of halogens is 1. The van der Waals surface area contributed by atoms with E-state index in [1.54, 1.807) is 0 Å². The van der Waals surface area contributed by atoms with Gasteiger partial charge >= 0.3 is 0 Å². The first kappa shape index (κ1) is 19.2. The van der Waals surface area contributed by atoms with Crippen molar-refractivity contribution in [3.05, 3.63) is 29.8 Å². The van der Waals surface area contributed by atoms with Crippen molar-refractivity contribution in [2.24, 2.45) is 16.1 Å². The van der Waals surface area contributed by atoms with Crippen molar-refractivity contribution in [2.45, 2.75) is 39.5 Å². The number of rotatable bonds is 8. The molecule has 0 bridgehead atoms. The van der Waals surface area contributed by atoms with Crippen molar-refractivity contribution in [3.63, 3.8) is 0 Å². The van der Waals surface area contributed by atoms with E-state index >= 15 is 0 Å². The van der Waals surface area contributed by atoms with Crippen LogP contribution >= 0.6 is 24.0 Å². The molecule has 3 N–H and O–H groups in total. The third kappa shape index (κ3) is 6.12. The van der Waals surface area contributed by atoms with Crippen LogP contribution in [0.1, 0.15) is 38.7 Å². The molecule has 0 radical (unpaired) electrons. The van der Waals surface area contributed by atoms with Crippen molar-refractivity contribution in [1.29, 1.82) is 0 Å². The van der Waals surface area contributed by atoms with E-state index in [-0.39, 0.29) is 24.0 Å². The SMILES string of the molecule is CCOCCC1(CN=C(N)Nc2cccc(CC)c2)CC1.I. The second kappa shape index (κ2) is 9.35. The van der Waals surface area contributed by atoms with Crippen LogP contribution < -0.4 is 11.1 Å². The molecule has 5 heteroatoms. The zero-order valence-corrected chi connectivity index (χ0v) is 15.9. The van der Waals surface area contributed by atoms with Crippen LogP contribution in [-0.4, -0.2) is 25.7 Å². The molecular weight excluding hydrogens is 389 g/mol. The van der Waals surface area contributed by atoms with Crippen LogP contribution in [0.4, 0.5) is 5.69 Å². The molecule has 1 fully saturated rings. The number of aliphatic imine (C=N–C) groups is 1. The van der Waals surface area contributed by atoms with Gasteiger partial charge in [-0.25, -0.2) is 0 Å². The van der Waals surface area contributed by atoms with E-state index in [9.17, 15) is 0 Å². The van der Waals surface area contributed by atoms with Gasteiger partial charge in [0.1, 0.15) is 0 Å². The van der Waals surface area contributed by atoms with Gasteiger partial charge in [-0.3, -0.25) is 4.99 Å². The molecule has 0 atom stereocenters. The van der Waals surface area contributed by atoms with Crippen LogP contribution in [0.5, 0.6) is 0 Å². The molecule has 22 heavy (non-hydrogen) atoms. The Hall–Kier alpha value is -0.820. The van der Waals surface area contributed by atoms with Crippen LogP contribution in [0.25, 0.3) is 0 Å². The summed E-state index contributed by atoms with van der Waals surface area (Å²) in [7, 11) is 0. The molecule has 0 unspecified atom stereocenters. The summed E-state index contributed by atoms with van der Waals surface area (Å²) in [5.74, 6) is 0.505. The molecule has 4 nitrogen and oxygen atoms in total. The normalized spacial score (nSPS) is 16.0. The molecule has 124 valence electrons. The highest BCUT2D eigenvalue weighted by Crippen LogP contribution is 2.48. The topological polar surface area (TPSA) is 59.6 Å². The van der Waals surface area contributed by atoms with E-state index in [1.165, 1.54) is 18.4 Å². The minimum atomic E-state index is 0. The van der Waals surface area contributed by atoms with Crippen molar-refractivity contribution < 1.29 is 4.74 Å². The van der Waals surface area contributed by atoms with Gasteiger partial charge in [-0.05, 0) is 55.7 Å². The van der Waals surface area contributed by atoms with E-state index in [1.807, 2.05) is 19.1 Å². The lowest BCUT2D eigenvalue weighted by Gasteiger charge is -2.13. The van der Waals surface area contributed by atoms with Gasteiger partial charge in [-0.2, -0.15) is 0 Å². The molecule has 0 aliphatic heterocycles. The van der Waals surface area contributed by atoms with Gasteiger partial charge in [-0.15, -0.1) is 24.0 Å². The average molecular weight is 417 g/mol. The molecule has 0 heterocycles. The number of ether oxygens (including phenoxy) is 1. The maximum absolute atomic E-state index is 5.99. The summed E-state index contributed by atoms with van der Waals surface area (Å²) in [6.45, 7) is 6.59. The van der Waals surface area contributed by atoms with E-state index in [2.05, 4.69) is 29.4 Å². The molecule has 1 aromatic carbocycles. The molecule has 0 saturated heterocycles. The fourth-order valence-corrected chi connectivity index (χ4v) is 2.41. The Bertz CT molecular complexity index is 487. The number of nitrogens with one attached hydrogen (secondary N) is 1. The first-order valence-corrected chi connectivity index (χ1v) is 7.91. The quantitative estimate of drug-likeness (QED) is 0.293. The zero-order valence-electron chi connectivity index (χ0n) is 13.6. The second-order valence-electron chi connectivity index (χ2n) is 5.83. The summed E-state index contributed by atoms with van der Waals surface area (Å²) >= 11 is 0. The average Bonchev–Trinajstić information content (AvgIpc) is 3.26. The maximum atomic E-state index is 5.99. The minimum absolute atomic E-state index is 0. The number of nitrogens with two attached hydrogens (primary N) is 1. The summed E-state index contributed by atoms with van der Waals surface area (Å²) in [5, 5.41) is 3.18. The van der Waals surface area contributed by atoms with Gasteiger partial charge in [0.2, 0.25) is 0 Å². The van der Waals surface area contributed by atoms with E-state index < -0.39 is 0 Å². The first-order chi connectivity index (χ1) is 10.2. The summed E-state index contributed by atoms with van der Waals surface area (Å²) in [6, 6.07) is 8.29. The third-order valence-corrected chi connectivity index (χ3v) is 4.13. The van der Waals surface area contributed by atoms with Gasteiger partial charge in [0, 0.05) is 25.4 Å². The highest BCUT2D eigenvalue weighted by atomic mass is 127. The van der Waals surface area contributed by atoms with Gasteiger partial charge in [0.05, 0.1) is 0 Å². The Kier molecular flexibility index (Phi) is 8.17. The Labute approximate surface area is 150 Å². The van der Waals surface area contributed by atoms with Gasteiger partial charge in [0.25, 0.3) is 0 Å². The third-order valence-electron chi connectivity index (χ3n) is 4.13. The highest BCUT2D eigenvalue weighted by molar-refractivity contribution is 14.0. The Morgan fingerprint density at radius 1 is 1.36 bits per heavy atom. The van der Waals surface area contributed by atoms with Crippen molar-refractivity contribution in [2.75, 3.05) is 25.1 Å². The standard InChI is InChI=1S/C17H27N3O.HI/c1-3-14-6-5-7-15(12-14)20-16(18)19-13-17(8-9-17)10-11-21-4-2;/h5-7,12H,3-4,8-11,13H2,1-2H3,(H3,18,19,20);1H. The molecule has 0 spiro atoms. The van der Waals surface area contributed by atoms with Crippen LogP contribution in [0.3, 0.4) is 0 Å². The largest absolute Gasteiger partial charge is 0.382 e. The van der Waals surface area contributed by atoms with E-state index in [4.69, 9.17) is 10.5 Å². The number of hydrogen-bond acceptors (Lipinski definition) is 2. The molecule has 1 saturated carbocycles. The molecule has 1 aliphatic rings. The van der Waals surface area contributed by atoms with E-state index in [0.29, 0.717) is 11.4 Å². The molecule has 2 rings (SSSR count). The van der Waals surface area contributed by atoms with Crippen molar-refractivity contribution >= 4 is 35.6 Å². The number of hydrogen-bond donors (Lipinski definition) is 2. The minimum Gasteiger partial charge on any atom is -0.382 e. The predicted molar refractivity (Wildman–Crippen MR) is 104 cm³/mol. The number of benzene rings is 1. The number of nitrogens with zero attached hydrogens (tertiary/aromatic N) is 1. The monoisotopic (exact) mass is 417 g/mol. The van der Waals surface area contributed by atoms with Gasteiger partial charge in [-0.1, -0.05) is 19.1 Å². The number of anilines is 1. The van der Waals surface area contributed by atoms with E-state index in [0.717, 1.165) is 38.3 Å². The Morgan fingerprint density at radius 3 is 2.77 bits per heavy atom. The van der Waals surface area contributed by atoms with Crippen LogP contribution in [-0.2, 0) is 11.2 Å². The van der Waals surface area contributed by atoms with Crippen LogP contribution in [0, 0.1) is 5.41 Å².